The molecule has 1 atom stereocenters. The van der Waals surface area contributed by atoms with Gasteiger partial charge in [0, 0.05) is 19.5 Å². The number of urea groups is 1. The van der Waals surface area contributed by atoms with Gasteiger partial charge in [0.1, 0.15) is 0 Å². The third-order valence-corrected chi connectivity index (χ3v) is 4.88. The summed E-state index contributed by atoms with van der Waals surface area (Å²) in [6.45, 7) is 1.36. The van der Waals surface area contributed by atoms with Crippen LogP contribution in [-0.2, 0) is 20.7 Å². The van der Waals surface area contributed by atoms with Gasteiger partial charge in [-0.15, -0.1) is 0 Å². The van der Waals surface area contributed by atoms with E-state index in [-0.39, 0.29) is 6.42 Å². The van der Waals surface area contributed by atoms with Crippen LogP contribution in [0.5, 0.6) is 0 Å². The molecule has 2 aromatic carbocycles. The molecule has 1 heterocycles. The molecule has 0 saturated carbocycles. The number of carboxylic acids is 2. The van der Waals surface area contributed by atoms with Crippen molar-refractivity contribution in [3.8, 4) is 0 Å². The van der Waals surface area contributed by atoms with Crippen molar-refractivity contribution in [2.24, 2.45) is 0 Å². The number of aliphatic carboxylic acids is 2. The van der Waals surface area contributed by atoms with Gasteiger partial charge in [0.2, 0.25) is 0 Å². The van der Waals surface area contributed by atoms with Crippen LogP contribution in [0.1, 0.15) is 12.0 Å². The van der Waals surface area contributed by atoms with Crippen LogP contribution in [0.15, 0.2) is 42.5 Å². The van der Waals surface area contributed by atoms with E-state index in [1.807, 2.05) is 30.3 Å². The molecule has 0 spiro atoms. The molecule has 8 nitrogen and oxygen atoms in total. The molecule has 0 aromatic heterocycles. The zero-order valence-corrected chi connectivity index (χ0v) is 15.3. The minimum atomic E-state index is -1.97. The lowest BCUT2D eigenvalue weighted by atomic mass is 9.85. The second-order valence-corrected chi connectivity index (χ2v) is 6.80. The maximum Gasteiger partial charge on any atom is 0.330 e. The minimum Gasteiger partial charge on any atom is -0.481 e. The Balaban J connectivity index is 1.96. The number of rotatable bonds is 6. The molecule has 2 amide bonds. The Morgan fingerprint density at radius 1 is 1.04 bits per heavy atom. The number of ether oxygens (including phenoxy) is 1. The third kappa shape index (κ3) is 4.23. The fourth-order valence-corrected chi connectivity index (χ4v) is 3.44. The number of hydrogen-bond acceptors (Lipinski definition) is 4. The Kier molecular flexibility index (Phi) is 5.79. The first-order chi connectivity index (χ1) is 13.4. The maximum absolute atomic E-state index is 12.7. The molecule has 1 fully saturated rings. The molecule has 0 bridgehead atoms. The van der Waals surface area contributed by atoms with E-state index in [1.54, 1.807) is 12.1 Å². The number of carbonyl (C=O) groups excluding carboxylic acids is 1. The Morgan fingerprint density at radius 3 is 2.39 bits per heavy atom. The predicted octanol–water partition coefficient (Wildman–Crippen LogP) is 1.72. The molecule has 28 heavy (non-hydrogen) atoms. The van der Waals surface area contributed by atoms with E-state index in [9.17, 15) is 24.6 Å². The quantitative estimate of drug-likeness (QED) is 0.696. The summed E-state index contributed by atoms with van der Waals surface area (Å²) in [6.07, 6.45) is -0.881. The average molecular weight is 386 g/mol. The number of benzene rings is 2. The molecule has 2 aromatic rings. The van der Waals surface area contributed by atoms with Crippen molar-refractivity contribution in [2.75, 3.05) is 26.3 Å². The Labute approximate surface area is 161 Å². The maximum atomic E-state index is 12.7. The van der Waals surface area contributed by atoms with Crippen molar-refractivity contribution in [1.82, 2.24) is 10.2 Å². The number of nitrogens with zero attached hydrogens (tertiary/aromatic N) is 1. The Hall–Kier alpha value is -3.13. The van der Waals surface area contributed by atoms with Crippen molar-refractivity contribution in [1.29, 1.82) is 0 Å². The summed E-state index contributed by atoms with van der Waals surface area (Å²) in [4.78, 5) is 37.8. The zero-order chi connectivity index (χ0) is 20.1. The van der Waals surface area contributed by atoms with Gasteiger partial charge in [-0.3, -0.25) is 4.79 Å². The highest BCUT2D eigenvalue weighted by atomic mass is 16.5. The summed E-state index contributed by atoms with van der Waals surface area (Å²) in [6, 6.07) is 12.3. The molecule has 1 aliphatic rings. The van der Waals surface area contributed by atoms with Crippen molar-refractivity contribution < 1.29 is 29.3 Å². The van der Waals surface area contributed by atoms with Crippen LogP contribution in [0.4, 0.5) is 4.79 Å². The number of hydrogen-bond donors (Lipinski definition) is 3. The van der Waals surface area contributed by atoms with Gasteiger partial charge >= 0.3 is 18.0 Å². The molecule has 1 aliphatic heterocycles. The van der Waals surface area contributed by atoms with Gasteiger partial charge < -0.3 is 25.2 Å². The predicted molar refractivity (Wildman–Crippen MR) is 101 cm³/mol. The standard InChI is InChI=1S/C20H22N2O6/c23-17(24)13-20(18(25)26,21-19(27)22-8-10-28-11-9-22)12-15-6-3-5-14-4-1-2-7-16(14)15/h1-7H,8-13H2,(H,21,27)(H,23,24)(H,25,26). The van der Waals surface area contributed by atoms with Gasteiger partial charge in [0.05, 0.1) is 19.6 Å². The summed E-state index contributed by atoms with van der Waals surface area (Å²) in [7, 11) is 0. The van der Waals surface area contributed by atoms with Crippen LogP contribution < -0.4 is 5.32 Å². The minimum absolute atomic E-state index is 0.147. The van der Waals surface area contributed by atoms with E-state index in [1.165, 1.54) is 4.90 Å². The van der Waals surface area contributed by atoms with Crippen LogP contribution in [0, 0.1) is 0 Å². The first kappa shape index (κ1) is 19.6. The normalized spacial score (nSPS) is 16.4. The molecule has 0 aliphatic carbocycles. The average Bonchev–Trinajstić information content (AvgIpc) is 2.68. The van der Waals surface area contributed by atoms with Gasteiger partial charge in [0.25, 0.3) is 0 Å². The van der Waals surface area contributed by atoms with E-state index in [0.717, 1.165) is 10.8 Å². The molecule has 3 rings (SSSR count). The van der Waals surface area contributed by atoms with Crippen molar-refractivity contribution in [3.63, 3.8) is 0 Å². The molecule has 148 valence electrons. The van der Waals surface area contributed by atoms with Crippen LogP contribution in [0.25, 0.3) is 10.8 Å². The first-order valence-electron chi connectivity index (χ1n) is 8.98. The fourth-order valence-electron chi connectivity index (χ4n) is 3.44. The largest absolute Gasteiger partial charge is 0.481 e. The highest BCUT2D eigenvalue weighted by Gasteiger charge is 2.43. The molecular weight excluding hydrogens is 364 g/mol. The van der Waals surface area contributed by atoms with Crippen LogP contribution in [-0.4, -0.2) is 64.9 Å². The molecule has 8 heteroatoms. The van der Waals surface area contributed by atoms with Crippen LogP contribution >= 0.6 is 0 Å². The number of amides is 2. The van der Waals surface area contributed by atoms with Gasteiger partial charge in [-0.1, -0.05) is 42.5 Å². The van der Waals surface area contributed by atoms with Crippen LogP contribution in [0.2, 0.25) is 0 Å². The topological polar surface area (TPSA) is 116 Å². The number of nitrogens with one attached hydrogen (secondary N) is 1. The number of carbonyl (C=O) groups is 3. The Bertz CT molecular complexity index is 888. The van der Waals surface area contributed by atoms with E-state index < -0.39 is 29.9 Å². The second kappa shape index (κ2) is 8.26. The number of fused-ring (bicyclic) bond motifs is 1. The lowest BCUT2D eigenvalue weighted by Crippen LogP contribution is -2.61. The molecular formula is C20H22N2O6. The van der Waals surface area contributed by atoms with E-state index in [2.05, 4.69) is 5.32 Å². The first-order valence-corrected chi connectivity index (χ1v) is 8.98. The lowest BCUT2D eigenvalue weighted by Gasteiger charge is -2.34. The smallest absolute Gasteiger partial charge is 0.330 e. The summed E-state index contributed by atoms with van der Waals surface area (Å²) < 4.78 is 5.20. The fraction of sp³-hybridized carbons (Fsp3) is 0.350. The molecule has 3 N–H and O–H groups in total. The highest BCUT2D eigenvalue weighted by Crippen LogP contribution is 2.26. The van der Waals surface area contributed by atoms with Gasteiger partial charge in [-0.2, -0.15) is 0 Å². The molecule has 1 unspecified atom stereocenters. The van der Waals surface area contributed by atoms with Crippen LogP contribution in [0.3, 0.4) is 0 Å². The third-order valence-electron chi connectivity index (χ3n) is 4.88. The van der Waals surface area contributed by atoms with E-state index >= 15 is 0 Å². The number of carboxylic acid groups (broad SMARTS) is 2. The summed E-state index contributed by atoms with van der Waals surface area (Å²) in [5.74, 6) is -2.69. The van der Waals surface area contributed by atoms with E-state index in [4.69, 9.17) is 4.74 Å². The Morgan fingerprint density at radius 2 is 1.71 bits per heavy atom. The SMILES string of the molecule is O=C(O)CC(Cc1cccc2ccccc12)(NC(=O)N1CCOCC1)C(=O)O. The van der Waals surface area contributed by atoms with Gasteiger partial charge in [0.15, 0.2) is 5.54 Å². The van der Waals surface area contributed by atoms with Gasteiger partial charge in [-0.05, 0) is 16.3 Å². The summed E-state index contributed by atoms with van der Waals surface area (Å²) in [5, 5.41) is 23.5. The molecule has 0 radical (unpaired) electrons. The lowest BCUT2D eigenvalue weighted by molar-refractivity contribution is -0.151. The summed E-state index contributed by atoms with van der Waals surface area (Å²) in [5.41, 5.74) is -1.31. The van der Waals surface area contributed by atoms with Crippen molar-refractivity contribution in [2.45, 2.75) is 18.4 Å². The monoisotopic (exact) mass is 386 g/mol. The van der Waals surface area contributed by atoms with E-state index in [0.29, 0.717) is 31.9 Å². The van der Waals surface area contributed by atoms with Crippen molar-refractivity contribution >= 4 is 28.7 Å². The summed E-state index contributed by atoms with van der Waals surface area (Å²) >= 11 is 0. The highest BCUT2D eigenvalue weighted by molar-refractivity contribution is 5.92. The zero-order valence-electron chi connectivity index (χ0n) is 15.3. The van der Waals surface area contributed by atoms with Crippen molar-refractivity contribution in [3.05, 3.63) is 48.0 Å². The van der Waals surface area contributed by atoms with Gasteiger partial charge in [-0.25, -0.2) is 9.59 Å². The second-order valence-electron chi connectivity index (χ2n) is 6.80. The number of morpholine rings is 1. The molecule has 1 saturated heterocycles.